The number of rotatable bonds is 12. The van der Waals surface area contributed by atoms with E-state index in [4.69, 9.17) is 4.74 Å². The molecule has 0 radical (unpaired) electrons. The molecule has 1 nitrogen and oxygen atoms in total. The maximum atomic E-state index is 7.11. The highest BCUT2D eigenvalue weighted by molar-refractivity contribution is 5.33. The molecular weight excluding hydrogens is 376 g/mol. The summed E-state index contributed by atoms with van der Waals surface area (Å²) in [4.78, 5) is 0. The Labute approximate surface area is 192 Å². The Morgan fingerprint density at radius 3 is 1.13 bits per heavy atom. The van der Waals surface area contributed by atoms with Gasteiger partial charge in [-0.15, -0.1) is 0 Å². The molecule has 0 fully saturated rings. The molecule has 0 aromatic heterocycles. The molecule has 172 valence electrons. The summed E-state index contributed by atoms with van der Waals surface area (Å²) in [5, 5.41) is 0. The van der Waals surface area contributed by atoms with E-state index in [0.717, 1.165) is 38.5 Å². The van der Waals surface area contributed by atoms with Crippen LogP contribution in [0.15, 0.2) is 36.4 Å². The summed E-state index contributed by atoms with van der Waals surface area (Å²) in [6.07, 6.45) is 7.33. The van der Waals surface area contributed by atoms with Crippen LogP contribution in [0, 0.1) is 27.7 Å². The molecule has 0 aliphatic rings. The summed E-state index contributed by atoms with van der Waals surface area (Å²) in [6.45, 7) is 18.1. The lowest BCUT2D eigenvalue weighted by Crippen LogP contribution is -2.32. The van der Waals surface area contributed by atoms with Gasteiger partial charge in [-0.05, 0) is 64.5 Å². The first kappa shape index (κ1) is 25.7. The first-order valence-electron chi connectivity index (χ1n) is 12.6. The monoisotopic (exact) mass is 422 g/mol. The number of hydrogen-bond donors (Lipinski definition) is 0. The second-order valence-corrected chi connectivity index (χ2v) is 9.66. The van der Waals surface area contributed by atoms with Crippen molar-refractivity contribution in [1.29, 1.82) is 0 Å². The van der Waals surface area contributed by atoms with Crippen LogP contribution < -0.4 is 0 Å². The molecule has 2 aromatic rings. The van der Waals surface area contributed by atoms with Gasteiger partial charge in [0.25, 0.3) is 0 Å². The second kappa shape index (κ2) is 12.4. The normalized spacial score (nSPS) is 15.5. The van der Waals surface area contributed by atoms with Crippen molar-refractivity contribution in [1.82, 2.24) is 0 Å². The molecule has 0 amide bonds. The lowest BCUT2D eigenvalue weighted by atomic mass is 9.84. The molecule has 0 saturated heterocycles. The lowest BCUT2D eigenvalue weighted by Gasteiger charge is -2.35. The maximum absolute atomic E-state index is 7.11. The molecule has 2 aromatic carbocycles. The molecule has 0 aliphatic heterocycles. The lowest BCUT2D eigenvalue weighted by molar-refractivity contribution is -0.0488. The van der Waals surface area contributed by atoms with Crippen LogP contribution in [0.4, 0.5) is 0 Å². The van der Waals surface area contributed by atoms with Gasteiger partial charge in [0.1, 0.15) is 0 Å². The van der Waals surface area contributed by atoms with Crippen LogP contribution in [0.5, 0.6) is 0 Å². The number of hydrogen-bond acceptors (Lipinski definition) is 1. The van der Waals surface area contributed by atoms with E-state index in [0.29, 0.717) is 11.8 Å². The van der Waals surface area contributed by atoms with Crippen LogP contribution in [-0.2, 0) is 4.74 Å². The fourth-order valence-corrected chi connectivity index (χ4v) is 5.40. The first-order chi connectivity index (χ1) is 14.8. The minimum Gasteiger partial charge on any atom is -0.374 e. The van der Waals surface area contributed by atoms with Crippen LogP contribution in [0.2, 0.25) is 0 Å². The van der Waals surface area contributed by atoms with E-state index in [2.05, 4.69) is 91.8 Å². The van der Waals surface area contributed by atoms with E-state index < -0.39 is 0 Å². The van der Waals surface area contributed by atoms with E-state index in [9.17, 15) is 0 Å². The van der Waals surface area contributed by atoms with E-state index in [1.54, 1.807) is 0 Å². The number of benzene rings is 2. The third-order valence-electron chi connectivity index (χ3n) is 6.62. The van der Waals surface area contributed by atoms with Crippen molar-refractivity contribution >= 4 is 0 Å². The zero-order valence-corrected chi connectivity index (χ0v) is 21.4. The van der Waals surface area contributed by atoms with Crippen LogP contribution in [0.1, 0.15) is 111 Å². The van der Waals surface area contributed by atoms with Crippen molar-refractivity contribution in [2.24, 2.45) is 0 Å². The Bertz CT molecular complexity index is 698. The molecule has 0 N–H and O–H groups in total. The Hall–Kier alpha value is -1.60. The molecule has 4 atom stereocenters. The van der Waals surface area contributed by atoms with Crippen LogP contribution in [-0.4, -0.2) is 12.2 Å². The molecule has 0 spiro atoms. The summed E-state index contributed by atoms with van der Waals surface area (Å²) in [7, 11) is 0. The Balaban J connectivity index is 2.38. The van der Waals surface area contributed by atoms with Gasteiger partial charge < -0.3 is 4.74 Å². The maximum Gasteiger partial charge on any atom is 0.0647 e. The van der Waals surface area contributed by atoms with Gasteiger partial charge >= 0.3 is 0 Å². The van der Waals surface area contributed by atoms with Crippen molar-refractivity contribution < 1.29 is 4.74 Å². The fraction of sp³-hybridized carbons (Fsp3) is 0.600. The fourth-order valence-electron chi connectivity index (χ4n) is 5.40. The van der Waals surface area contributed by atoms with E-state index in [-0.39, 0.29) is 12.2 Å². The average Bonchev–Trinajstić information content (AvgIpc) is 2.68. The minimum absolute atomic E-state index is 0.271. The smallest absolute Gasteiger partial charge is 0.0647 e. The number of ether oxygens (including phenoxy) is 1. The topological polar surface area (TPSA) is 9.23 Å². The summed E-state index contributed by atoms with van der Waals surface area (Å²) in [6, 6.07) is 14.1. The Morgan fingerprint density at radius 2 is 0.871 bits per heavy atom. The third-order valence-corrected chi connectivity index (χ3v) is 6.62. The molecule has 4 unspecified atom stereocenters. The molecular formula is C30H46O. The van der Waals surface area contributed by atoms with Crippen molar-refractivity contribution in [2.45, 2.75) is 118 Å². The van der Waals surface area contributed by atoms with Crippen molar-refractivity contribution in [3.63, 3.8) is 0 Å². The third kappa shape index (κ3) is 7.21. The molecule has 31 heavy (non-hydrogen) atoms. The standard InChI is InChI=1S/C30H46O/c1-9-13-29(27(11-3)25-17-21(5)15-22(6)18-25)31-30(14-10-2)28(12-4)26-19-23(7)16-24(8)20-26/h15-20,27-30H,9-14H2,1-8H3. The van der Waals surface area contributed by atoms with Crippen molar-refractivity contribution in [3.8, 4) is 0 Å². The summed E-state index contributed by atoms with van der Waals surface area (Å²) >= 11 is 0. The first-order valence-corrected chi connectivity index (χ1v) is 12.6. The van der Waals surface area contributed by atoms with E-state index in [1.165, 1.54) is 33.4 Å². The number of aryl methyl sites for hydroxylation is 4. The molecule has 2 rings (SSSR count). The minimum atomic E-state index is 0.271. The van der Waals surface area contributed by atoms with Gasteiger partial charge in [-0.1, -0.05) is 99.2 Å². The Kier molecular flexibility index (Phi) is 10.3. The van der Waals surface area contributed by atoms with Crippen molar-refractivity contribution in [3.05, 3.63) is 69.8 Å². The van der Waals surface area contributed by atoms with E-state index in [1.807, 2.05) is 0 Å². The summed E-state index contributed by atoms with van der Waals surface area (Å²) in [5.74, 6) is 0.907. The van der Waals surface area contributed by atoms with Gasteiger partial charge in [0.2, 0.25) is 0 Å². The van der Waals surface area contributed by atoms with Gasteiger partial charge in [-0.2, -0.15) is 0 Å². The van der Waals surface area contributed by atoms with Crippen LogP contribution in [0.3, 0.4) is 0 Å². The zero-order chi connectivity index (χ0) is 23.0. The van der Waals surface area contributed by atoms with Gasteiger partial charge in [0.05, 0.1) is 12.2 Å². The molecule has 0 saturated carbocycles. The van der Waals surface area contributed by atoms with Crippen molar-refractivity contribution in [2.75, 3.05) is 0 Å². The highest BCUT2D eigenvalue weighted by atomic mass is 16.5. The molecule has 0 aliphatic carbocycles. The average molecular weight is 423 g/mol. The van der Waals surface area contributed by atoms with Gasteiger partial charge in [-0.3, -0.25) is 0 Å². The summed E-state index contributed by atoms with van der Waals surface area (Å²) < 4.78 is 7.11. The molecule has 0 heterocycles. The Morgan fingerprint density at radius 1 is 0.548 bits per heavy atom. The SMILES string of the molecule is CCCC(OC(CCC)C(CC)c1cc(C)cc(C)c1)C(CC)c1cc(C)cc(C)c1. The largest absolute Gasteiger partial charge is 0.374 e. The second-order valence-electron chi connectivity index (χ2n) is 9.66. The van der Waals surface area contributed by atoms with Crippen LogP contribution in [0.25, 0.3) is 0 Å². The highest BCUT2D eigenvalue weighted by Crippen LogP contribution is 2.36. The molecule has 1 heteroatoms. The zero-order valence-electron chi connectivity index (χ0n) is 21.4. The highest BCUT2D eigenvalue weighted by Gasteiger charge is 2.29. The van der Waals surface area contributed by atoms with E-state index >= 15 is 0 Å². The summed E-state index contributed by atoms with van der Waals surface area (Å²) in [5.41, 5.74) is 8.33. The molecule has 0 bridgehead atoms. The predicted octanol–water partition coefficient (Wildman–Crippen LogP) is 8.96. The van der Waals surface area contributed by atoms with Gasteiger partial charge in [-0.25, -0.2) is 0 Å². The van der Waals surface area contributed by atoms with Crippen LogP contribution >= 0.6 is 0 Å². The quantitative estimate of drug-likeness (QED) is 0.331. The van der Waals surface area contributed by atoms with Gasteiger partial charge in [0, 0.05) is 11.8 Å². The van der Waals surface area contributed by atoms with Gasteiger partial charge in [0.15, 0.2) is 0 Å². The predicted molar refractivity (Wildman–Crippen MR) is 136 cm³/mol.